The molecule has 0 aliphatic heterocycles. The maximum Gasteiger partial charge on any atom is 0.305 e. The summed E-state index contributed by atoms with van der Waals surface area (Å²) in [6.45, 7) is 1.29. The third kappa shape index (κ3) is 10.5. The quantitative estimate of drug-likeness (QED) is 0.112. The molecule has 236 valence electrons. The lowest BCUT2D eigenvalue weighted by Gasteiger charge is -2.27. The molecular weight excluding hydrogens is 599 g/mol. The average molecular weight is 639 g/mol. The van der Waals surface area contributed by atoms with Crippen LogP contribution in [0.2, 0.25) is 0 Å². The lowest BCUT2D eigenvalue weighted by molar-refractivity contribution is -0.384. The summed E-state index contributed by atoms with van der Waals surface area (Å²) in [4.78, 5) is 37.8. The molecule has 14 heteroatoms. The van der Waals surface area contributed by atoms with Gasteiger partial charge in [-0.15, -0.1) is 11.8 Å². The standard InChI is InChI=1S/C29H39FN4O7S2/c1-33(18-9-12-27(35)41-2)19-15-22(21-42-23-10-5-3-6-11-23)31-25-14-13-24(20-26(25)34(37)38)43(39,40)32-28(36)29(30)16-7-4-8-17-29/h3,5-6,10-11,13-14,20,22,31H,4,7-9,12,15-19,21H2,1-2H3,(H,32,36)/t22-/m1/s1. The number of methoxy groups -OCH3 is 1. The summed E-state index contributed by atoms with van der Waals surface area (Å²) in [6.07, 6.45) is 3.11. The van der Waals surface area contributed by atoms with Crippen molar-refractivity contribution in [3.05, 3.63) is 58.6 Å². The number of nitrogens with one attached hydrogen (secondary N) is 2. The van der Waals surface area contributed by atoms with Crippen LogP contribution in [0.4, 0.5) is 15.8 Å². The molecular formula is C29H39FN4O7S2. The van der Waals surface area contributed by atoms with Crippen LogP contribution in [0.5, 0.6) is 0 Å². The number of carbonyl (C=O) groups excluding carboxylic acids is 2. The first-order chi connectivity index (χ1) is 20.4. The average Bonchev–Trinajstić information content (AvgIpc) is 2.99. The number of anilines is 1. The van der Waals surface area contributed by atoms with Gasteiger partial charge in [-0.1, -0.05) is 24.6 Å². The van der Waals surface area contributed by atoms with Crippen molar-refractivity contribution in [1.82, 2.24) is 9.62 Å². The summed E-state index contributed by atoms with van der Waals surface area (Å²) < 4.78 is 47.4. The van der Waals surface area contributed by atoms with E-state index in [0.717, 1.165) is 23.4 Å². The van der Waals surface area contributed by atoms with Crippen LogP contribution in [0.25, 0.3) is 0 Å². The molecule has 1 aliphatic carbocycles. The summed E-state index contributed by atoms with van der Waals surface area (Å²) in [6, 6.07) is 12.8. The minimum Gasteiger partial charge on any atom is -0.469 e. The summed E-state index contributed by atoms with van der Waals surface area (Å²) in [5.74, 6) is -0.959. The molecule has 2 aromatic rings. The van der Waals surface area contributed by atoms with Crippen molar-refractivity contribution in [1.29, 1.82) is 0 Å². The van der Waals surface area contributed by atoms with Crippen molar-refractivity contribution in [2.75, 3.05) is 38.3 Å². The number of sulfonamides is 1. The molecule has 0 bridgehead atoms. The van der Waals surface area contributed by atoms with Gasteiger partial charge in [0.05, 0.1) is 16.9 Å². The highest BCUT2D eigenvalue weighted by Crippen LogP contribution is 2.33. The molecule has 0 saturated heterocycles. The fraction of sp³-hybridized carbons (Fsp3) is 0.517. The van der Waals surface area contributed by atoms with E-state index >= 15 is 4.39 Å². The molecule has 1 amide bonds. The van der Waals surface area contributed by atoms with E-state index < -0.39 is 37.1 Å². The van der Waals surface area contributed by atoms with Crippen molar-refractivity contribution in [3.8, 4) is 0 Å². The van der Waals surface area contributed by atoms with Crippen molar-refractivity contribution in [2.45, 2.75) is 72.9 Å². The predicted molar refractivity (Wildman–Crippen MR) is 163 cm³/mol. The maximum atomic E-state index is 15.1. The maximum absolute atomic E-state index is 15.1. The molecule has 3 rings (SSSR count). The molecule has 0 unspecified atom stereocenters. The van der Waals surface area contributed by atoms with Crippen LogP contribution >= 0.6 is 11.8 Å². The molecule has 43 heavy (non-hydrogen) atoms. The van der Waals surface area contributed by atoms with E-state index in [-0.39, 0.29) is 30.5 Å². The Morgan fingerprint density at radius 2 is 1.84 bits per heavy atom. The van der Waals surface area contributed by atoms with Crippen LogP contribution in [-0.2, 0) is 24.3 Å². The first kappa shape index (κ1) is 34.3. The van der Waals surface area contributed by atoms with E-state index in [2.05, 4.69) is 15.0 Å². The number of nitrogens with zero attached hydrogens (tertiary/aromatic N) is 2. The van der Waals surface area contributed by atoms with Gasteiger partial charge in [0.1, 0.15) is 5.69 Å². The summed E-state index contributed by atoms with van der Waals surface area (Å²) >= 11 is 1.57. The van der Waals surface area contributed by atoms with E-state index in [1.165, 1.54) is 13.2 Å². The molecule has 1 saturated carbocycles. The zero-order valence-electron chi connectivity index (χ0n) is 24.4. The van der Waals surface area contributed by atoms with E-state index in [0.29, 0.717) is 50.9 Å². The van der Waals surface area contributed by atoms with Gasteiger partial charge in [-0.3, -0.25) is 19.7 Å². The number of thioether (sulfide) groups is 1. The normalized spacial score (nSPS) is 15.4. The number of carbonyl (C=O) groups is 2. The van der Waals surface area contributed by atoms with Crippen LogP contribution in [0.1, 0.15) is 51.4 Å². The smallest absolute Gasteiger partial charge is 0.305 e. The van der Waals surface area contributed by atoms with Gasteiger partial charge < -0.3 is 15.0 Å². The largest absolute Gasteiger partial charge is 0.469 e. The van der Waals surface area contributed by atoms with E-state index in [1.807, 2.05) is 37.4 Å². The number of benzene rings is 2. The highest BCUT2D eigenvalue weighted by molar-refractivity contribution is 7.99. The van der Waals surface area contributed by atoms with Gasteiger partial charge in [0, 0.05) is 29.2 Å². The van der Waals surface area contributed by atoms with Gasteiger partial charge in [-0.05, 0) is 82.9 Å². The van der Waals surface area contributed by atoms with Crippen LogP contribution < -0.4 is 10.0 Å². The lowest BCUT2D eigenvalue weighted by Crippen LogP contribution is -2.46. The molecule has 0 heterocycles. The molecule has 1 aliphatic rings. The molecule has 0 aromatic heterocycles. The van der Waals surface area contributed by atoms with Crippen molar-refractivity contribution in [2.24, 2.45) is 0 Å². The molecule has 11 nitrogen and oxygen atoms in total. The monoisotopic (exact) mass is 638 g/mol. The van der Waals surface area contributed by atoms with Gasteiger partial charge in [0.2, 0.25) is 0 Å². The van der Waals surface area contributed by atoms with Crippen LogP contribution in [0.3, 0.4) is 0 Å². The Morgan fingerprint density at radius 1 is 1.14 bits per heavy atom. The third-order valence-corrected chi connectivity index (χ3v) is 9.82. The zero-order chi connectivity index (χ0) is 31.5. The molecule has 1 fully saturated rings. The van der Waals surface area contributed by atoms with Gasteiger partial charge in [0.15, 0.2) is 5.67 Å². The minimum atomic E-state index is -4.55. The van der Waals surface area contributed by atoms with E-state index in [1.54, 1.807) is 16.5 Å². The Kier molecular flexibility index (Phi) is 12.8. The van der Waals surface area contributed by atoms with Crippen molar-refractivity contribution in [3.63, 3.8) is 0 Å². The van der Waals surface area contributed by atoms with Gasteiger partial charge in [-0.2, -0.15) is 0 Å². The second-order valence-corrected chi connectivity index (χ2v) is 13.4. The lowest BCUT2D eigenvalue weighted by atomic mass is 9.86. The second kappa shape index (κ2) is 16.0. The summed E-state index contributed by atoms with van der Waals surface area (Å²) in [7, 11) is -1.28. The number of ether oxygens (including phenoxy) is 1. The minimum absolute atomic E-state index is 0.0692. The molecule has 2 aromatic carbocycles. The fourth-order valence-corrected chi connectivity index (χ4v) is 6.83. The highest BCUT2D eigenvalue weighted by atomic mass is 32.2. The molecule has 2 N–H and O–H groups in total. The Morgan fingerprint density at radius 3 is 2.49 bits per heavy atom. The molecule has 0 spiro atoms. The SMILES string of the molecule is COC(=O)CCCN(C)CC[C@H](CSc1ccccc1)Nc1ccc(S(=O)(=O)NC(=O)C2(F)CCCCC2)cc1[N+](=O)[O-]. The number of alkyl halides is 1. The number of halogens is 1. The zero-order valence-corrected chi connectivity index (χ0v) is 26.1. The predicted octanol–water partition coefficient (Wildman–Crippen LogP) is 4.92. The van der Waals surface area contributed by atoms with Crippen LogP contribution in [0.15, 0.2) is 58.3 Å². The number of hydrogen-bond donors (Lipinski definition) is 2. The molecule has 0 radical (unpaired) electrons. The van der Waals surface area contributed by atoms with Crippen molar-refractivity contribution < 1.29 is 32.1 Å². The Balaban J connectivity index is 1.75. The first-order valence-corrected chi connectivity index (χ1v) is 16.6. The van der Waals surface area contributed by atoms with Gasteiger partial charge in [0.25, 0.3) is 21.6 Å². The van der Waals surface area contributed by atoms with Crippen LogP contribution in [0, 0.1) is 10.1 Å². The highest BCUT2D eigenvalue weighted by Gasteiger charge is 2.41. The number of nitro benzene ring substituents is 1. The number of nitro groups is 1. The summed E-state index contributed by atoms with van der Waals surface area (Å²) in [5.41, 5.74) is -2.64. The van der Waals surface area contributed by atoms with Gasteiger partial charge in [-0.25, -0.2) is 17.5 Å². The summed E-state index contributed by atoms with van der Waals surface area (Å²) in [5, 5.41) is 15.2. The third-order valence-electron chi connectivity index (χ3n) is 7.32. The topological polar surface area (TPSA) is 148 Å². The first-order valence-electron chi connectivity index (χ1n) is 14.2. The Hall–Kier alpha value is -3.23. The van der Waals surface area contributed by atoms with E-state index in [9.17, 15) is 28.1 Å². The van der Waals surface area contributed by atoms with Gasteiger partial charge >= 0.3 is 5.97 Å². The Labute approximate surface area is 256 Å². The Bertz CT molecular complexity index is 1360. The van der Waals surface area contributed by atoms with Crippen molar-refractivity contribution >= 4 is 45.0 Å². The number of esters is 1. The second-order valence-electron chi connectivity index (χ2n) is 10.6. The number of amides is 1. The number of hydrogen-bond acceptors (Lipinski definition) is 10. The van der Waals surface area contributed by atoms with Crippen LogP contribution in [-0.4, -0.2) is 74.8 Å². The van der Waals surface area contributed by atoms with E-state index in [4.69, 9.17) is 0 Å². The molecule has 1 atom stereocenters. The fourth-order valence-electron chi connectivity index (χ4n) is 4.78. The number of rotatable bonds is 16.